The van der Waals surface area contributed by atoms with E-state index in [2.05, 4.69) is 4.98 Å². The van der Waals surface area contributed by atoms with Gasteiger partial charge in [-0.25, -0.2) is 4.98 Å². The van der Waals surface area contributed by atoms with Crippen molar-refractivity contribution in [2.24, 2.45) is 5.73 Å². The number of nitrogens with zero attached hydrogens (tertiary/aromatic N) is 2. The Balaban J connectivity index is 2.30. The summed E-state index contributed by atoms with van der Waals surface area (Å²) >= 11 is 0. The van der Waals surface area contributed by atoms with Crippen molar-refractivity contribution in [3.8, 4) is 0 Å². The summed E-state index contributed by atoms with van der Waals surface area (Å²) in [4.78, 5) is 29.5. The SMILES string of the molecule is COCC1(CC(N)=O)CCCN1C(=O)c1ncoc1C. The standard InChI is InChI=1S/C13H19N3O4/c1-9-11(15-8-20-9)12(18)16-5-3-4-13(16,7-19-2)6-10(14)17/h8H,3-7H2,1-2H3,(H2,14,17). The van der Waals surface area contributed by atoms with Gasteiger partial charge in [-0.05, 0) is 19.8 Å². The lowest BCUT2D eigenvalue weighted by Crippen LogP contribution is -2.52. The van der Waals surface area contributed by atoms with Gasteiger partial charge in [0, 0.05) is 13.7 Å². The van der Waals surface area contributed by atoms with Gasteiger partial charge in [0.05, 0.1) is 18.6 Å². The molecule has 0 saturated carbocycles. The van der Waals surface area contributed by atoms with E-state index in [1.165, 1.54) is 6.39 Å². The molecular weight excluding hydrogens is 262 g/mol. The molecule has 1 aliphatic heterocycles. The number of likely N-dealkylation sites (tertiary alicyclic amines) is 1. The lowest BCUT2D eigenvalue weighted by atomic mass is 9.92. The fourth-order valence-corrected chi connectivity index (χ4v) is 2.87. The van der Waals surface area contributed by atoms with Crippen LogP contribution in [0.4, 0.5) is 0 Å². The molecule has 2 rings (SSSR count). The molecule has 7 heteroatoms. The minimum atomic E-state index is -0.678. The van der Waals surface area contributed by atoms with Gasteiger partial charge in [0.1, 0.15) is 5.76 Å². The molecule has 2 heterocycles. The lowest BCUT2D eigenvalue weighted by Gasteiger charge is -2.37. The summed E-state index contributed by atoms with van der Waals surface area (Å²) in [6.07, 6.45) is 2.82. The van der Waals surface area contributed by atoms with E-state index >= 15 is 0 Å². The first-order chi connectivity index (χ1) is 9.50. The summed E-state index contributed by atoms with van der Waals surface area (Å²) in [6.45, 7) is 2.52. The molecule has 1 fully saturated rings. The van der Waals surface area contributed by atoms with Crippen LogP contribution in [0.2, 0.25) is 0 Å². The molecule has 0 aromatic carbocycles. The van der Waals surface area contributed by atoms with Gasteiger partial charge in [-0.15, -0.1) is 0 Å². The minimum Gasteiger partial charge on any atom is -0.448 e. The molecule has 2 N–H and O–H groups in total. The van der Waals surface area contributed by atoms with Crippen LogP contribution in [0.3, 0.4) is 0 Å². The number of primary amides is 1. The van der Waals surface area contributed by atoms with Gasteiger partial charge in [-0.3, -0.25) is 9.59 Å². The molecule has 1 unspecified atom stereocenters. The van der Waals surface area contributed by atoms with Gasteiger partial charge >= 0.3 is 0 Å². The average molecular weight is 281 g/mol. The maximum Gasteiger partial charge on any atom is 0.276 e. The van der Waals surface area contributed by atoms with Crippen molar-refractivity contribution >= 4 is 11.8 Å². The molecule has 1 aliphatic rings. The first-order valence-corrected chi connectivity index (χ1v) is 6.49. The van der Waals surface area contributed by atoms with Gasteiger partial charge in [0.2, 0.25) is 5.91 Å². The third-order valence-electron chi connectivity index (χ3n) is 3.71. The van der Waals surface area contributed by atoms with Crippen LogP contribution in [0.15, 0.2) is 10.8 Å². The maximum absolute atomic E-state index is 12.6. The maximum atomic E-state index is 12.6. The minimum absolute atomic E-state index is 0.0868. The Kier molecular flexibility index (Phi) is 4.08. The molecule has 0 bridgehead atoms. The molecule has 1 saturated heterocycles. The molecule has 0 spiro atoms. The van der Waals surface area contributed by atoms with Crippen LogP contribution in [0.25, 0.3) is 0 Å². The Morgan fingerprint density at radius 3 is 2.90 bits per heavy atom. The summed E-state index contributed by atoms with van der Waals surface area (Å²) in [5.74, 6) is -0.224. The predicted octanol–water partition coefficient (Wildman–Crippen LogP) is 0.480. The van der Waals surface area contributed by atoms with Crippen molar-refractivity contribution < 1.29 is 18.7 Å². The number of hydrogen-bond donors (Lipinski definition) is 1. The third-order valence-corrected chi connectivity index (χ3v) is 3.71. The topological polar surface area (TPSA) is 98.7 Å². The van der Waals surface area contributed by atoms with E-state index < -0.39 is 11.4 Å². The van der Waals surface area contributed by atoms with Gasteiger partial charge in [-0.1, -0.05) is 0 Å². The van der Waals surface area contributed by atoms with Crippen LogP contribution in [0.1, 0.15) is 35.5 Å². The molecular formula is C13H19N3O4. The molecule has 20 heavy (non-hydrogen) atoms. The van der Waals surface area contributed by atoms with E-state index in [4.69, 9.17) is 14.9 Å². The van der Waals surface area contributed by atoms with Crippen molar-refractivity contribution in [2.75, 3.05) is 20.3 Å². The van der Waals surface area contributed by atoms with E-state index in [1.54, 1.807) is 18.9 Å². The number of nitrogens with two attached hydrogens (primary N) is 1. The van der Waals surface area contributed by atoms with Gasteiger partial charge in [0.15, 0.2) is 12.1 Å². The Morgan fingerprint density at radius 1 is 1.60 bits per heavy atom. The van der Waals surface area contributed by atoms with Crippen molar-refractivity contribution in [1.29, 1.82) is 0 Å². The molecule has 0 aliphatic carbocycles. The highest BCUT2D eigenvalue weighted by Gasteiger charge is 2.45. The van der Waals surface area contributed by atoms with Crippen LogP contribution in [-0.2, 0) is 9.53 Å². The number of hydrogen-bond acceptors (Lipinski definition) is 5. The first-order valence-electron chi connectivity index (χ1n) is 6.49. The first kappa shape index (κ1) is 14.5. The van der Waals surface area contributed by atoms with Crippen LogP contribution in [-0.4, -0.2) is 47.5 Å². The number of carbonyl (C=O) groups excluding carboxylic acids is 2. The Hall–Kier alpha value is -1.89. The monoisotopic (exact) mass is 281 g/mol. The van der Waals surface area contributed by atoms with Crippen LogP contribution >= 0.6 is 0 Å². The highest BCUT2D eigenvalue weighted by atomic mass is 16.5. The Bertz CT molecular complexity index is 513. The van der Waals surface area contributed by atoms with E-state index in [9.17, 15) is 9.59 Å². The molecule has 1 atom stereocenters. The smallest absolute Gasteiger partial charge is 0.276 e. The molecule has 0 radical (unpaired) electrons. The van der Waals surface area contributed by atoms with Crippen LogP contribution < -0.4 is 5.73 Å². The number of oxazole rings is 1. The van der Waals surface area contributed by atoms with Crippen LogP contribution in [0.5, 0.6) is 0 Å². The summed E-state index contributed by atoms with van der Waals surface area (Å²) in [7, 11) is 1.55. The summed E-state index contributed by atoms with van der Waals surface area (Å²) in [5.41, 5.74) is 4.93. The van der Waals surface area contributed by atoms with Crippen molar-refractivity contribution in [3.63, 3.8) is 0 Å². The third kappa shape index (κ3) is 2.53. The summed E-state index contributed by atoms with van der Waals surface area (Å²) in [5, 5.41) is 0. The lowest BCUT2D eigenvalue weighted by molar-refractivity contribution is -0.121. The van der Waals surface area contributed by atoms with Crippen molar-refractivity contribution in [3.05, 3.63) is 17.8 Å². The van der Waals surface area contributed by atoms with Crippen molar-refractivity contribution in [1.82, 2.24) is 9.88 Å². The Morgan fingerprint density at radius 2 is 2.35 bits per heavy atom. The summed E-state index contributed by atoms with van der Waals surface area (Å²) in [6, 6.07) is 0. The van der Waals surface area contributed by atoms with Gasteiger partial charge < -0.3 is 19.8 Å². The number of ether oxygens (including phenoxy) is 1. The van der Waals surface area contributed by atoms with E-state index in [0.29, 0.717) is 18.7 Å². The second-order valence-corrected chi connectivity index (χ2v) is 5.12. The molecule has 2 amide bonds. The zero-order valence-corrected chi connectivity index (χ0v) is 11.7. The fourth-order valence-electron chi connectivity index (χ4n) is 2.87. The molecule has 7 nitrogen and oxygen atoms in total. The average Bonchev–Trinajstić information content (AvgIpc) is 2.95. The Labute approximate surface area is 117 Å². The normalized spacial score (nSPS) is 22.2. The predicted molar refractivity (Wildman–Crippen MR) is 69.9 cm³/mol. The number of aryl methyl sites for hydroxylation is 1. The van der Waals surface area contributed by atoms with Gasteiger partial charge in [0.25, 0.3) is 5.91 Å². The number of carbonyl (C=O) groups is 2. The van der Waals surface area contributed by atoms with Crippen molar-refractivity contribution in [2.45, 2.75) is 31.7 Å². The van der Waals surface area contributed by atoms with E-state index in [-0.39, 0.29) is 24.6 Å². The molecule has 1 aromatic heterocycles. The highest BCUT2D eigenvalue weighted by Crippen LogP contribution is 2.34. The number of methoxy groups -OCH3 is 1. The number of aromatic nitrogens is 1. The highest BCUT2D eigenvalue weighted by molar-refractivity contribution is 5.94. The second kappa shape index (κ2) is 5.62. The summed E-state index contributed by atoms with van der Waals surface area (Å²) < 4.78 is 10.3. The number of amides is 2. The van der Waals surface area contributed by atoms with E-state index in [1.807, 2.05) is 0 Å². The second-order valence-electron chi connectivity index (χ2n) is 5.12. The van der Waals surface area contributed by atoms with Gasteiger partial charge in [-0.2, -0.15) is 0 Å². The zero-order chi connectivity index (χ0) is 14.8. The molecule has 1 aromatic rings. The fraction of sp³-hybridized carbons (Fsp3) is 0.615. The largest absolute Gasteiger partial charge is 0.448 e. The molecule has 110 valence electrons. The zero-order valence-electron chi connectivity index (χ0n) is 11.7. The number of rotatable bonds is 5. The van der Waals surface area contributed by atoms with E-state index in [0.717, 1.165) is 6.42 Å². The van der Waals surface area contributed by atoms with Crippen LogP contribution in [0, 0.1) is 6.92 Å². The quantitative estimate of drug-likeness (QED) is 0.846.